The highest BCUT2D eigenvalue weighted by atomic mass is 32.2. The second-order valence-corrected chi connectivity index (χ2v) is 4.49. The Morgan fingerprint density at radius 2 is 2.08 bits per heavy atom. The largest absolute Gasteiger partial charge is 0.330 e. The molecule has 0 spiro atoms. The summed E-state index contributed by atoms with van der Waals surface area (Å²) >= 11 is 1.79. The fraction of sp³-hybridized carbons (Fsp3) is 0.455. The van der Waals surface area contributed by atoms with Gasteiger partial charge in [-0.15, -0.1) is 11.8 Å². The van der Waals surface area contributed by atoms with Crippen LogP contribution in [0.15, 0.2) is 29.2 Å². The molecule has 2 atom stereocenters. The summed E-state index contributed by atoms with van der Waals surface area (Å²) in [5, 5.41) is 0. The minimum Gasteiger partial charge on any atom is -0.330 e. The average molecular weight is 193 g/mol. The van der Waals surface area contributed by atoms with Gasteiger partial charge in [0.25, 0.3) is 0 Å². The van der Waals surface area contributed by atoms with Gasteiger partial charge >= 0.3 is 0 Å². The molecular weight excluding hydrogens is 178 g/mol. The molecule has 1 saturated carbocycles. The van der Waals surface area contributed by atoms with E-state index in [-0.39, 0.29) is 0 Å². The SMILES string of the molecule is CSc1ccc(C2CC2CN)cc1. The maximum absolute atomic E-state index is 5.61. The van der Waals surface area contributed by atoms with Gasteiger partial charge in [-0.3, -0.25) is 0 Å². The molecule has 0 aromatic heterocycles. The van der Waals surface area contributed by atoms with Crippen molar-refractivity contribution in [1.29, 1.82) is 0 Å². The molecule has 13 heavy (non-hydrogen) atoms. The number of nitrogens with two attached hydrogens (primary N) is 1. The highest BCUT2D eigenvalue weighted by Crippen LogP contribution is 2.46. The lowest BCUT2D eigenvalue weighted by Crippen LogP contribution is -2.01. The molecule has 0 saturated heterocycles. The second kappa shape index (κ2) is 3.72. The van der Waals surface area contributed by atoms with Crippen LogP contribution in [0.5, 0.6) is 0 Å². The van der Waals surface area contributed by atoms with Crippen molar-refractivity contribution in [2.75, 3.05) is 12.8 Å². The zero-order valence-electron chi connectivity index (χ0n) is 7.86. The molecule has 2 rings (SSSR count). The van der Waals surface area contributed by atoms with Crippen molar-refractivity contribution in [2.45, 2.75) is 17.2 Å². The van der Waals surface area contributed by atoms with Crippen LogP contribution in [0.1, 0.15) is 17.9 Å². The predicted octanol–water partition coefficient (Wildman–Crippen LogP) is 2.47. The Balaban J connectivity index is 2.07. The standard InChI is InChI=1S/C11H15NS/c1-13-10-4-2-8(3-5-10)11-6-9(11)7-12/h2-5,9,11H,6-7,12H2,1H3. The van der Waals surface area contributed by atoms with Gasteiger partial charge in [-0.05, 0) is 48.8 Å². The Morgan fingerprint density at radius 3 is 2.54 bits per heavy atom. The average Bonchev–Trinajstić information content (AvgIpc) is 2.97. The summed E-state index contributed by atoms with van der Waals surface area (Å²) in [6.45, 7) is 0.842. The summed E-state index contributed by atoms with van der Waals surface area (Å²) in [7, 11) is 0. The molecule has 0 radical (unpaired) electrons. The normalized spacial score (nSPS) is 26.0. The van der Waals surface area contributed by atoms with Gasteiger partial charge in [0.05, 0.1) is 0 Å². The van der Waals surface area contributed by atoms with Crippen LogP contribution in [-0.2, 0) is 0 Å². The third-order valence-corrected chi connectivity index (χ3v) is 3.51. The molecule has 2 unspecified atom stereocenters. The Labute approximate surface area is 83.7 Å². The van der Waals surface area contributed by atoms with Crippen LogP contribution in [0.3, 0.4) is 0 Å². The summed E-state index contributed by atoms with van der Waals surface area (Å²) in [5.74, 6) is 1.50. The summed E-state index contributed by atoms with van der Waals surface area (Å²) in [5.41, 5.74) is 7.08. The first-order valence-corrected chi connectivity index (χ1v) is 5.91. The van der Waals surface area contributed by atoms with E-state index >= 15 is 0 Å². The summed E-state index contributed by atoms with van der Waals surface area (Å²) < 4.78 is 0. The van der Waals surface area contributed by atoms with E-state index in [1.54, 1.807) is 11.8 Å². The maximum Gasteiger partial charge on any atom is 0.00693 e. The van der Waals surface area contributed by atoms with Crippen LogP contribution in [0.25, 0.3) is 0 Å². The summed E-state index contributed by atoms with van der Waals surface area (Å²) in [6.07, 6.45) is 3.39. The lowest BCUT2D eigenvalue weighted by molar-refractivity contribution is 0.809. The Hall–Kier alpha value is -0.470. The number of benzene rings is 1. The fourth-order valence-corrected chi connectivity index (χ4v) is 2.18. The predicted molar refractivity (Wildman–Crippen MR) is 58.1 cm³/mol. The van der Waals surface area contributed by atoms with Gasteiger partial charge in [0.1, 0.15) is 0 Å². The lowest BCUT2D eigenvalue weighted by Gasteiger charge is -2.00. The zero-order chi connectivity index (χ0) is 9.26. The molecule has 0 bridgehead atoms. The van der Waals surface area contributed by atoms with Crippen LogP contribution in [0.2, 0.25) is 0 Å². The third kappa shape index (κ3) is 1.89. The molecule has 1 fully saturated rings. The minimum atomic E-state index is 0.750. The van der Waals surface area contributed by atoms with E-state index in [9.17, 15) is 0 Å². The molecule has 1 aliphatic rings. The molecule has 70 valence electrons. The molecule has 0 aliphatic heterocycles. The molecule has 0 amide bonds. The second-order valence-electron chi connectivity index (χ2n) is 3.61. The fourth-order valence-electron chi connectivity index (χ4n) is 1.77. The first kappa shape index (κ1) is 9.10. The molecule has 0 heterocycles. The minimum absolute atomic E-state index is 0.750. The van der Waals surface area contributed by atoms with E-state index in [0.29, 0.717) is 0 Å². The molecule has 2 N–H and O–H groups in total. The van der Waals surface area contributed by atoms with Crippen molar-refractivity contribution < 1.29 is 0 Å². The molecule has 2 heteroatoms. The van der Waals surface area contributed by atoms with Gasteiger partial charge in [-0.1, -0.05) is 12.1 Å². The van der Waals surface area contributed by atoms with Crippen molar-refractivity contribution >= 4 is 11.8 Å². The highest BCUT2D eigenvalue weighted by Gasteiger charge is 2.36. The number of hydrogen-bond acceptors (Lipinski definition) is 2. The topological polar surface area (TPSA) is 26.0 Å². The van der Waals surface area contributed by atoms with E-state index in [4.69, 9.17) is 5.73 Å². The molecule has 1 aromatic carbocycles. The quantitative estimate of drug-likeness (QED) is 0.746. The molecule has 1 aromatic rings. The van der Waals surface area contributed by atoms with Gasteiger partial charge in [-0.2, -0.15) is 0 Å². The van der Waals surface area contributed by atoms with Gasteiger partial charge in [-0.25, -0.2) is 0 Å². The number of rotatable bonds is 3. The van der Waals surface area contributed by atoms with Crippen molar-refractivity contribution in [2.24, 2.45) is 11.7 Å². The van der Waals surface area contributed by atoms with Crippen molar-refractivity contribution in [1.82, 2.24) is 0 Å². The number of thioether (sulfide) groups is 1. The van der Waals surface area contributed by atoms with E-state index < -0.39 is 0 Å². The van der Waals surface area contributed by atoms with Gasteiger partial charge in [0.15, 0.2) is 0 Å². The van der Waals surface area contributed by atoms with Crippen LogP contribution >= 0.6 is 11.8 Å². The van der Waals surface area contributed by atoms with Crippen molar-refractivity contribution in [3.8, 4) is 0 Å². The highest BCUT2D eigenvalue weighted by molar-refractivity contribution is 7.98. The van der Waals surface area contributed by atoms with Crippen molar-refractivity contribution in [3.05, 3.63) is 29.8 Å². The molecule has 1 nitrogen and oxygen atoms in total. The maximum atomic E-state index is 5.61. The molecular formula is C11H15NS. The van der Waals surface area contributed by atoms with Crippen LogP contribution < -0.4 is 5.73 Å². The van der Waals surface area contributed by atoms with E-state index in [0.717, 1.165) is 18.4 Å². The molecule has 1 aliphatic carbocycles. The summed E-state index contributed by atoms with van der Waals surface area (Å²) in [4.78, 5) is 1.34. The monoisotopic (exact) mass is 193 g/mol. The van der Waals surface area contributed by atoms with Crippen LogP contribution in [0.4, 0.5) is 0 Å². The Kier molecular flexibility index (Phi) is 2.61. The van der Waals surface area contributed by atoms with Gasteiger partial charge < -0.3 is 5.73 Å². The number of hydrogen-bond donors (Lipinski definition) is 1. The van der Waals surface area contributed by atoms with Gasteiger partial charge in [0, 0.05) is 4.90 Å². The van der Waals surface area contributed by atoms with Gasteiger partial charge in [0.2, 0.25) is 0 Å². The first-order valence-electron chi connectivity index (χ1n) is 4.69. The van der Waals surface area contributed by atoms with Crippen LogP contribution in [-0.4, -0.2) is 12.8 Å². The van der Waals surface area contributed by atoms with E-state index in [1.807, 2.05) is 0 Å². The lowest BCUT2D eigenvalue weighted by atomic mass is 10.1. The van der Waals surface area contributed by atoms with Crippen LogP contribution in [0, 0.1) is 5.92 Å². The Bertz CT molecular complexity index is 281. The van der Waals surface area contributed by atoms with E-state index in [1.165, 1.54) is 16.9 Å². The Morgan fingerprint density at radius 1 is 1.38 bits per heavy atom. The summed E-state index contributed by atoms with van der Waals surface area (Å²) in [6, 6.07) is 8.89. The van der Waals surface area contributed by atoms with E-state index in [2.05, 4.69) is 30.5 Å². The van der Waals surface area contributed by atoms with Crippen molar-refractivity contribution in [3.63, 3.8) is 0 Å². The zero-order valence-corrected chi connectivity index (χ0v) is 8.68. The smallest absolute Gasteiger partial charge is 0.00693 e. The third-order valence-electron chi connectivity index (χ3n) is 2.77. The first-order chi connectivity index (χ1) is 6.35.